The van der Waals surface area contributed by atoms with Gasteiger partial charge in [-0.25, -0.2) is 0 Å². The van der Waals surface area contributed by atoms with Crippen LogP contribution in [-0.4, -0.2) is 92.2 Å². The summed E-state index contributed by atoms with van der Waals surface area (Å²) in [7, 11) is 0. The van der Waals surface area contributed by atoms with E-state index in [2.05, 4.69) is 25.5 Å². The van der Waals surface area contributed by atoms with Crippen LogP contribution in [0.4, 0.5) is 0 Å². The van der Waals surface area contributed by atoms with Crippen molar-refractivity contribution >= 4 is 5.91 Å². The summed E-state index contributed by atoms with van der Waals surface area (Å²) in [5.74, 6) is -0.436. The third kappa shape index (κ3) is 3.83. The standard InChI is InChI=1S/C13H22N6O4/c1-13(2)22-8-9(23-13)11(20)12(21)19-5-3-18(4-6-19)7-10-14-16-17-15-10/h9,11,20H,3-8H2,1-2H3,(H,14,15,16,17)/t9-,11+/m0/s1. The summed E-state index contributed by atoms with van der Waals surface area (Å²) in [4.78, 5) is 16.2. The average Bonchev–Trinajstić information content (AvgIpc) is 3.16. The van der Waals surface area contributed by atoms with Crippen molar-refractivity contribution < 1.29 is 19.4 Å². The van der Waals surface area contributed by atoms with Crippen LogP contribution in [0.2, 0.25) is 0 Å². The minimum Gasteiger partial charge on any atom is -0.380 e. The molecule has 3 rings (SSSR count). The summed E-state index contributed by atoms with van der Waals surface area (Å²) in [6.07, 6.45) is -1.81. The molecular weight excluding hydrogens is 304 g/mol. The van der Waals surface area contributed by atoms with Gasteiger partial charge in [-0.3, -0.25) is 9.69 Å². The Hall–Kier alpha value is -1.62. The van der Waals surface area contributed by atoms with E-state index < -0.39 is 18.0 Å². The van der Waals surface area contributed by atoms with E-state index in [9.17, 15) is 9.90 Å². The monoisotopic (exact) mass is 326 g/mol. The summed E-state index contributed by atoms with van der Waals surface area (Å²) in [6.45, 7) is 6.82. The van der Waals surface area contributed by atoms with Crippen molar-refractivity contribution in [1.82, 2.24) is 30.4 Å². The third-order valence-electron chi connectivity index (χ3n) is 4.07. The number of tetrazole rings is 1. The number of H-pyrrole nitrogens is 1. The Morgan fingerprint density at radius 1 is 1.43 bits per heavy atom. The van der Waals surface area contributed by atoms with Gasteiger partial charge in [-0.15, -0.1) is 10.2 Å². The number of amides is 1. The van der Waals surface area contributed by atoms with E-state index in [-0.39, 0.29) is 12.5 Å². The minimum absolute atomic E-state index is 0.220. The zero-order valence-corrected chi connectivity index (χ0v) is 13.3. The topological polar surface area (TPSA) is 117 Å². The molecule has 2 fully saturated rings. The second-order valence-corrected chi connectivity index (χ2v) is 6.24. The summed E-state index contributed by atoms with van der Waals surface area (Å²) < 4.78 is 11.0. The lowest BCUT2D eigenvalue weighted by Crippen LogP contribution is -2.53. The minimum atomic E-state index is -1.19. The highest BCUT2D eigenvalue weighted by Crippen LogP contribution is 2.25. The lowest BCUT2D eigenvalue weighted by Gasteiger charge is -2.35. The SMILES string of the molecule is CC1(C)OC[C@@H]([C@@H](O)C(=O)N2CCN(Cc3nn[nH]n3)CC2)O1. The molecule has 0 radical (unpaired) electrons. The Morgan fingerprint density at radius 3 is 2.74 bits per heavy atom. The summed E-state index contributed by atoms with van der Waals surface area (Å²) in [5, 5.41) is 24.0. The smallest absolute Gasteiger partial charge is 0.254 e. The molecule has 0 bridgehead atoms. The Morgan fingerprint density at radius 2 is 2.17 bits per heavy atom. The molecule has 0 spiro atoms. The van der Waals surface area contributed by atoms with Gasteiger partial charge in [0, 0.05) is 26.2 Å². The first-order valence-corrected chi connectivity index (χ1v) is 7.68. The molecule has 128 valence electrons. The molecule has 1 aromatic heterocycles. The molecule has 10 heteroatoms. The molecule has 2 saturated heterocycles. The first kappa shape index (κ1) is 16.2. The van der Waals surface area contributed by atoms with Crippen molar-refractivity contribution in [3.8, 4) is 0 Å². The van der Waals surface area contributed by atoms with Gasteiger partial charge < -0.3 is 19.5 Å². The first-order valence-electron chi connectivity index (χ1n) is 7.68. The highest BCUT2D eigenvalue weighted by atomic mass is 16.7. The van der Waals surface area contributed by atoms with Gasteiger partial charge in [-0.05, 0) is 13.8 Å². The number of carbonyl (C=O) groups excluding carboxylic acids is 1. The first-order chi connectivity index (χ1) is 10.9. The number of nitrogens with zero attached hydrogens (tertiary/aromatic N) is 5. The van der Waals surface area contributed by atoms with E-state index in [1.165, 1.54) is 0 Å². The quantitative estimate of drug-likeness (QED) is 0.676. The van der Waals surface area contributed by atoms with Crippen LogP contribution in [0.3, 0.4) is 0 Å². The van der Waals surface area contributed by atoms with Crippen molar-refractivity contribution in [2.75, 3.05) is 32.8 Å². The summed E-state index contributed by atoms with van der Waals surface area (Å²) in [5.41, 5.74) is 0. The predicted octanol–water partition coefficient (Wildman–Crippen LogP) is -1.64. The fourth-order valence-electron chi connectivity index (χ4n) is 2.79. The number of ether oxygens (including phenoxy) is 2. The number of hydrogen-bond donors (Lipinski definition) is 2. The van der Waals surface area contributed by atoms with E-state index in [4.69, 9.17) is 9.47 Å². The van der Waals surface area contributed by atoms with Gasteiger partial charge in [0.25, 0.3) is 5.91 Å². The maximum absolute atomic E-state index is 12.4. The molecule has 0 aliphatic carbocycles. The molecule has 0 saturated carbocycles. The molecule has 2 aliphatic rings. The molecule has 1 aromatic rings. The zero-order chi connectivity index (χ0) is 16.4. The van der Waals surface area contributed by atoms with E-state index in [1.807, 2.05) is 0 Å². The van der Waals surface area contributed by atoms with Crippen molar-refractivity contribution in [3.63, 3.8) is 0 Å². The maximum Gasteiger partial charge on any atom is 0.254 e. The Labute approximate surface area is 133 Å². The van der Waals surface area contributed by atoms with Gasteiger partial charge in [0.1, 0.15) is 6.10 Å². The van der Waals surface area contributed by atoms with E-state index >= 15 is 0 Å². The van der Waals surface area contributed by atoms with Crippen LogP contribution >= 0.6 is 0 Å². The van der Waals surface area contributed by atoms with Crippen molar-refractivity contribution in [3.05, 3.63) is 5.82 Å². The number of aliphatic hydroxyl groups excluding tert-OH is 1. The van der Waals surface area contributed by atoms with Crippen LogP contribution < -0.4 is 0 Å². The lowest BCUT2D eigenvalue weighted by atomic mass is 10.1. The number of aromatic nitrogens is 4. The van der Waals surface area contributed by atoms with Gasteiger partial charge in [-0.1, -0.05) is 5.21 Å². The number of rotatable bonds is 4. The largest absolute Gasteiger partial charge is 0.380 e. The Kier molecular flexibility index (Phi) is 4.57. The van der Waals surface area contributed by atoms with E-state index in [1.54, 1.807) is 18.7 Å². The Balaban J connectivity index is 1.48. The van der Waals surface area contributed by atoms with Crippen LogP contribution in [0, 0.1) is 0 Å². The molecule has 2 aliphatic heterocycles. The third-order valence-corrected chi connectivity index (χ3v) is 4.07. The van der Waals surface area contributed by atoms with E-state index in [0.29, 0.717) is 38.5 Å². The summed E-state index contributed by atoms with van der Waals surface area (Å²) >= 11 is 0. The molecule has 2 N–H and O–H groups in total. The van der Waals surface area contributed by atoms with Crippen molar-refractivity contribution in [1.29, 1.82) is 0 Å². The molecule has 1 amide bonds. The summed E-state index contributed by atoms with van der Waals surface area (Å²) in [6, 6.07) is 0. The van der Waals surface area contributed by atoms with Gasteiger partial charge in [0.2, 0.25) is 0 Å². The second-order valence-electron chi connectivity index (χ2n) is 6.24. The van der Waals surface area contributed by atoms with Crippen molar-refractivity contribution in [2.45, 2.75) is 38.4 Å². The van der Waals surface area contributed by atoms with Gasteiger partial charge >= 0.3 is 0 Å². The normalized spacial score (nSPS) is 26.4. The van der Waals surface area contributed by atoms with Crippen LogP contribution in [0.5, 0.6) is 0 Å². The number of aliphatic hydroxyl groups is 1. The van der Waals surface area contributed by atoms with E-state index in [0.717, 1.165) is 0 Å². The number of aromatic amines is 1. The number of piperazine rings is 1. The predicted molar refractivity (Wildman–Crippen MR) is 76.9 cm³/mol. The van der Waals surface area contributed by atoms with Crippen LogP contribution in [0.1, 0.15) is 19.7 Å². The molecule has 0 aromatic carbocycles. The van der Waals surface area contributed by atoms with Gasteiger partial charge in [-0.2, -0.15) is 5.21 Å². The highest BCUT2D eigenvalue weighted by Gasteiger charge is 2.41. The molecule has 2 atom stereocenters. The fraction of sp³-hybridized carbons (Fsp3) is 0.846. The van der Waals surface area contributed by atoms with Gasteiger partial charge in [0.15, 0.2) is 17.7 Å². The lowest BCUT2D eigenvalue weighted by molar-refractivity contribution is -0.165. The highest BCUT2D eigenvalue weighted by molar-refractivity contribution is 5.81. The number of hydrogen-bond acceptors (Lipinski definition) is 8. The molecular formula is C13H22N6O4. The van der Waals surface area contributed by atoms with Crippen LogP contribution in [0.15, 0.2) is 0 Å². The molecule has 3 heterocycles. The maximum atomic E-state index is 12.4. The average molecular weight is 326 g/mol. The number of nitrogens with one attached hydrogen (secondary N) is 1. The molecule has 0 unspecified atom stereocenters. The second kappa shape index (κ2) is 6.48. The fourth-order valence-corrected chi connectivity index (χ4v) is 2.79. The Bertz CT molecular complexity index is 529. The number of carbonyl (C=O) groups is 1. The zero-order valence-electron chi connectivity index (χ0n) is 13.3. The van der Waals surface area contributed by atoms with Gasteiger partial charge in [0.05, 0.1) is 13.2 Å². The molecule has 23 heavy (non-hydrogen) atoms. The van der Waals surface area contributed by atoms with Crippen molar-refractivity contribution in [2.24, 2.45) is 0 Å². The van der Waals surface area contributed by atoms with Crippen LogP contribution in [-0.2, 0) is 20.8 Å². The van der Waals surface area contributed by atoms with Crippen LogP contribution in [0.25, 0.3) is 0 Å². The molecule has 10 nitrogen and oxygen atoms in total.